The van der Waals surface area contributed by atoms with Gasteiger partial charge in [0.25, 0.3) is 0 Å². The molecule has 0 aromatic rings. The summed E-state index contributed by atoms with van der Waals surface area (Å²) < 4.78 is 0. The number of thiocarbonyl (C=S) groups is 1. The van der Waals surface area contributed by atoms with E-state index in [1.807, 2.05) is 0 Å². The first-order chi connectivity index (χ1) is 7.05. The molecule has 0 saturated heterocycles. The van der Waals surface area contributed by atoms with E-state index in [1.165, 1.54) is 0 Å². The zero-order valence-electron chi connectivity index (χ0n) is 9.08. The Bertz CT molecular complexity index is 297. The second kappa shape index (κ2) is 3.74. The maximum atomic E-state index is 11.9. The second-order valence-electron chi connectivity index (χ2n) is 4.96. The zero-order chi connectivity index (χ0) is 11.1. The molecule has 0 bridgehead atoms. The molecule has 84 valence electrons. The van der Waals surface area contributed by atoms with E-state index in [9.17, 15) is 4.79 Å². The third kappa shape index (κ3) is 2.00. The van der Waals surface area contributed by atoms with Crippen LogP contribution in [0.4, 0.5) is 0 Å². The van der Waals surface area contributed by atoms with Crippen molar-refractivity contribution in [2.45, 2.75) is 44.6 Å². The molecule has 0 spiro atoms. The highest BCUT2D eigenvalue weighted by atomic mass is 32.1. The number of nitrogens with one attached hydrogen (secondary N) is 1. The Morgan fingerprint density at radius 1 is 1.47 bits per heavy atom. The summed E-state index contributed by atoms with van der Waals surface area (Å²) in [6.45, 7) is 2.10. The Morgan fingerprint density at radius 3 is 2.40 bits per heavy atom. The van der Waals surface area contributed by atoms with Crippen molar-refractivity contribution in [3.05, 3.63) is 0 Å². The van der Waals surface area contributed by atoms with Crippen LogP contribution in [0.1, 0.15) is 39.0 Å². The Morgan fingerprint density at radius 2 is 2.00 bits per heavy atom. The molecule has 2 unspecified atom stereocenters. The summed E-state index contributed by atoms with van der Waals surface area (Å²) in [6, 6.07) is 0. The van der Waals surface area contributed by atoms with Crippen LogP contribution >= 0.6 is 12.2 Å². The number of carbonyl (C=O) groups is 1. The fraction of sp³-hybridized carbons (Fsp3) is 0.818. The van der Waals surface area contributed by atoms with Gasteiger partial charge in [0, 0.05) is 5.92 Å². The first kappa shape index (κ1) is 10.9. The van der Waals surface area contributed by atoms with Gasteiger partial charge >= 0.3 is 0 Å². The molecule has 0 radical (unpaired) electrons. The minimum atomic E-state index is -0.366. The first-order valence-electron chi connectivity index (χ1n) is 5.67. The molecule has 2 aliphatic carbocycles. The van der Waals surface area contributed by atoms with Crippen molar-refractivity contribution < 1.29 is 4.79 Å². The van der Waals surface area contributed by atoms with Crippen LogP contribution in [0.3, 0.4) is 0 Å². The van der Waals surface area contributed by atoms with Crippen LogP contribution in [0.25, 0.3) is 0 Å². The molecule has 0 aromatic heterocycles. The van der Waals surface area contributed by atoms with Gasteiger partial charge in [-0.2, -0.15) is 0 Å². The first-order valence-corrected chi connectivity index (χ1v) is 6.08. The molecule has 0 heterocycles. The molecular formula is C11H18N2OS. The van der Waals surface area contributed by atoms with Gasteiger partial charge in [-0.25, -0.2) is 0 Å². The van der Waals surface area contributed by atoms with Gasteiger partial charge in [-0.1, -0.05) is 32.0 Å². The molecule has 2 rings (SSSR count). The fourth-order valence-electron chi connectivity index (χ4n) is 2.43. The molecule has 2 aliphatic rings. The molecule has 2 saturated carbocycles. The predicted molar refractivity (Wildman–Crippen MR) is 63.4 cm³/mol. The molecule has 15 heavy (non-hydrogen) atoms. The number of nitrogens with two attached hydrogens (primary N) is 1. The summed E-state index contributed by atoms with van der Waals surface area (Å²) >= 11 is 5.09. The average molecular weight is 226 g/mol. The van der Waals surface area contributed by atoms with Crippen LogP contribution in [0, 0.1) is 11.8 Å². The van der Waals surface area contributed by atoms with E-state index in [0.717, 1.165) is 32.1 Å². The van der Waals surface area contributed by atoms with E-state index in [2.05, 4.69) is 12.2 Å². The SMILES string of the molecule is CC1CC1C(=O)NC1(C(N)=S)CCCC1. The van der Waals surface area contributed by atoms with Crippen molar-refractivity contribution in [2.75, 3.05) is 0 Å². The predicted octanol–water partition coefficient (Wildman–Crippen LogP) is 1.36. The van der Waals surface area contributed by atoms with E-state index >= 15 is 0 Å². The van der Waals surface area contributed by atoms with Crippen LogP contribution in [-0.4, -0.2) is 16.4 Å². The summed E-state index contributed by atoms with van der Waals surface area (Å²) in [7, 11) is 0. The van der Waals surface area contributed by atoms with Gasteiger partial charge in [-0.3, -0.25) is 4.79 Å². The number of rotatable bonds is 3. The summed E-state index contributed by atoms with van der Waals surface area (Å²) in [5, 5.41) is 3.08. The van der Waals surface area contributed by atoms with Crippen molar-refractivity contribution in [2.24, 2.45) is 17.6 Å². The Hall–Kier alpha value is -0.640. The summed E-state index contributed by atoms with van der Waals surface area (Å²) in [5.41, 5.74) is 5.39. The summed E-state index contributed by atoms with van der Waals surface area (Å²) in [6.07, 6.45) is 5.05. The van der Waals surface area contributed by atoms with Crippen LogP contribution in [0.15, 0.2) is 0 Å². The van der Waals surface area contributed by atoms with Gasteiger partial charge in [0.15, 0.2) is 0 Å². The Labute approximate surface area is 95.8 Å². The van der Waals surface area contributed by atoms with Gasteiger partial charge in [0.05, 0.1) is 10.5 Å². The fourth-order valence-corrected chi connectivity index (χ4v) is 2.68. The summed E-state index contributed by atoms with van der Waals surface area (Å²) in [4.78, 5) is 12.3. The highest BCUT2D eigenvalue weighted by molar-refractivity contribution is 7.80. The highest BCUT2D eigenvalue weighted by Gasteiger charge is 2.44. The molecule has 2 atom stereocenters. The molecule has 0 aromatic carbocycles. The van der Waals surface area contributed by atoms with Crippen molar-refractivity contribution >= 4 is 23.1 Å². The van der Waals surface area contributed by atoms with Gasteiger partial charge in [-0.15, -0.1) is 0 Å². The number of hydrogen-bond donors (Lipinski definition) is 2. The van der Waals surface area contributed by atoms with E-state index in [-0.39, 0.29) is 17.4 Å². The van der Waals surface area contributed by atoms with Gasteiger partial charge < -0.3 is 11.1 Å². The van der Waals surface area contributed by atoms with Crippen molar-refractivity contribution in [3.63, 3.8) is 0 Å². The maximum Gasteiger partial charge on any atom is 0.224 e. The van der Waals surface area contributed by atoms with Gasteiger partial charge in [0.2, 0.25) is 5.91 Å². The molecular weight excluding hydrogens is 208 g/mol. The largest absolute Gasteiger partial charge is 0.391 e. The average Bonchev–Trinajstić information content (AvgIpc) is 2.73. The zero-order valence-corrected chi connectivity index (χ0v) is 9.90. The minimum Gasteiger partial charge on any atom is -0.391 e. The molecule has 3 nitrogen and oxygen atoms in total. The maximum absolute atomic E-state index is 11.9. The van der Waals surface area contributed by atoms with Crippen molar-refractivity contribution in [1.29, 1.82) is 0 Å². The minimum absolute atomic E-state index is 0.150. The van der Waals surface area contributed by atoms with Crippen molar-refractivity contribution in [3.8, 4) is 0 Å². The Balaban J connectivity index is 2.01. The number of carbonyl (C=O) groups excluding carboxylic acids is 1. The number of amides is 1. The molecule has 3 N–H and O–H groups in total. The van der Waals surface area contributed by atoms with Crippen LogP contribution in [0.5, 0.6) is 0 Å². The van der Waals surface area contributed by atoms with E-state index in [0.29, 0.717) is 10.9 Å². The topological polar surface area (TPSA) is 55.1 Å². The molecule has 1 amide bonds. The van der Waals surface area contributed by atoms with E-state index in [1.54, 1.807) is 0 Å². The summed E-state index contributed by atoms with van der Waals surface area (Å²) in [5.74, 6) is 0.892. The number of hydrogen-bond acceptors (Lipinski definition) is 2. The molecule has 0 aliphatic heterocycles. The second-order valence-corrected chi connectivity index (χ2v) is 5.40. The standard InChI is InChI=1S/C11H18N2OS/c1-7-6-8(7)9(14)13-11(10(12)15)4-2-3-5-11/h7-8H,2-6H2,1H3,(H2,12,15)(H,13,14). The Kier molecular flexibility index (Phi) is 2.71. The lowest BCUT2D eigenvalue weighted by Crippen LogP contribution is -2.55. The van der Waals surface area contributed by atoms with Crippen LogP contribution in [-0.2, 0) is 4.79 Å². The molecule has 2 fully saturated rings. The lowest BCUT2D eigenvalue weighted by atomic mass is 9.97. The van der Waals surface area contributed by atoms with E-state index < -0.39 is 0 Å². The van der Waals surface area contributed by atoms with Gasteiger partial charge in [0.1, 0.15) is 0 Å². The van der Waals surface area contributed by atoms with Crippen LogP contribution < -0.4 is 11.1 Å². The van der Waals surface area contributed by atoms with Crippen molar-refractivity contribution in [1.82, 2.24) is 5.32 Å². The quantitative estimate of drug-likeness (QED) is 0.714. The third-order valence-corrected chi connectivity index (χ3v) is 4.13. The third-order valence-electron chi connectivity index (χ3n) is 3.74. The smallest absolute Gasteiger partial charge is 0.224 e. The van der Waals surface area contributed by atoms with Crippen LogP contribution in [0.2, 0.25) is 0 Å². The van der Waals surface area contributed by atoms with Gasteiger partial charge in [-0.05, 0) is 25.2 Å². The lowest BCUT2D eigenvalue weighted by molar-refractivity contribution is -0.123. The van der Waals surface area contributed by atoms with E-state index in [4.69, 9.17) is 18.0 Å². The highest BCUT2D eigenvalue weighted by Crippen LogP contribution is 2.39. The lowest BCUT2D eigenvalue weighted by Gasteiger charge is -2.29. The monoisotopic (exact) mass is 226 g/mol. The molecule has 4 heteroatoms. The normalized spacial score (nSPS) is 32.3.